The van der Waals surface area contributed by atoms with Gasteiger partial charge in [-0.1, -0.05) is 27.7 Å². The molecule has 8 unspecified atom stereocenters. The summed E-state index contributed by atoms with van der Waals surface area (Å²) in [4.78, 5) is 26.4. The molecule has 0 radical (unpaired) electrons. The topological polar surface area (TPSA) is 63.6 Å². The van der Waals surface area contributed by atoms with Gasteiger partial charge in [0.1, 0.15) is 18.0 Å². The Balaban J connectivity index is 2.05. The molecule has 4 fully saturated rings. The van der Waals surface area contributed by atoms with Crippen LogP contribution in [-0.4, -0.2) is 34.5 Å². The van der Waals surface area contributed by atoms with Crippen LogP contribution >= 0.6 is 0 Å². The number of carbonyl (C=O) groups is 2. The summed E-state index contributed by atoms with van der Waals surface area (Å²) in [6, 6.07) is 0. The summed E-state index contributed by atoms with van der Waals surface area (Å²) in [6.07, 6.45) is 2.95. The minimum Gasteiger partial charge on any atom is -0.381 e. The second-order valence-electron chi connectivity index (χ2n) is 10.5. The molecule has 3 aliphatic carbocycles. The number of fused-ring (bicyclic) bond motifs is 3. The van der Waals surface area contributed by atoms with Crippen LogP contribution in [0, 0.1) is 40.4 Å². The van der Waals surface area contributed by atoms with Crippen LogP contribution in [0.3, 0.4) is 0 Å². The Kier molecular flexibility index (Phi) is 3.36. The van der Waals surface area contributed by atoms with Gasteiger partial charge in [0.15, 0.2) is 5.78 Å². The molecule has 25 heavy (non-hydrogen) atoms. The maximum absolute atomic E-state index is 13.7. The third-order valence-electron chi connectivity index (χ3n) is 8.68. The van der Waals surface area contributed by atoms with Crippen molar-refractivity contribution < 1.29 is 19.4 Å². The van der Waals surface area contributed by atoms with Gasteiger partial charge in [-0.05, 0) is 62.7 Å². The summed E-state index contributed by atoms with van der Waals surface area (Å²) < 4.78 is 6.29. The fourth-order valence-electron chi connectivity index (χ4n) is 7.97. The first-order valence-electron chi connectivity index (χ1n) is 9.87. The third kappa shape index (κ3) is 1.67. The van der Waals surface area contributed by atoms with Crippen molar-refractivity contribution in [3.05, 3.63) is 0 Å². The fourth-order valence-corrected chi connectivity index (χ4v) is 7.97. The van der Waals surface area contributed by atoms with Crippen molar-refractivity contribution in [2.24, 2.45) is 40.4 Å². The first-order chi connectivity index (χ1) is 11.5. The average Bonchev–Trinajstić information content (AvgIpc) is 2.88. The lowest BCUT2D eigenvalue weighted by Gasteiger charge is -2.56. The molecule has 2 bridgehead atoms. The van der Waals surface area contributed by atoms with Crippen LogP contribution in [0.4, 0.5) is 0 Å². The number of aliphatic hydroxyl groups is 1. The molecule has 0 spiro atoms. The zero-order valence-corrected chi connectivity index (χ0v) is 16.3. The Bertz CT molecular complexity index is 638. The number of Topliss-reactive ketones (excluding diaryl/α,β-unsaturated/α-hetero) is 1. The van der Waals surface area contributed by atoms with Gasteiger partial charge in [-0.2, -0.15) is 0 Å². The molecule has 1 aliphatic heterocycles. The van der Waals surface area contributed by atoms with E-state index in [2.05, 4.69) is 34.6 Å². The molecular weight excluding hydrogens is 316 g/mol. The lowest BCUT2D eigenvalue weighted by molar-refractivity contribution is -0.210. The highest BCUT2D eigenvalue weighted by atomic mass is 16.5. The lowest BCUT2D eigenvalue weighted by atomic mass is 9.49. The molecule has 0 amide bonds. The van der Waals surface area contributed by atoms with Crippen molar-refractivity contribution in [3.63, 3.8) is 0 Å². The Morgan fingerprint density at radius 1 is 1.12 bits per heavy atom. The summed E-state index contributed by atoms with van der Waals surface area (Å²) in [5, 5.41) is 11.9. The van der Waals surface area contributed by atoms with Crippen LogP contribution in [-0.2, 0) is 14.3 Å². The largest absolute Gasteiger partial charge is 0.381 e. The quantitative estimate of drug-likeness (QED) is 0.740. The smallest absolute Gasteiger partial charge is 0.194 e. The normalized spacial score (nSPS) is 55.6. The molecule has 0 aromatic heterocycles. The van der Waals surface area contributed by atoms with E-state index in [1.54, 1.807) is 0 Å². The van der Waals surface area contributed by atoms with Gasteiger partial charge < -0.3 is 14.6 Å². The standard InChI is InChI=1S/C21H32O4/c1-11-9-14-15-18(3,4)17(25-19(15,5)6)16(23)21(24)12(2)7-8-13(11)20(14,21)10-22/h10-15,17,24H,7-9H2,1-6H3. The van der Waals surface area contributed by atoms with E-state index in [-0.39, 0.29) is 34.9 Å². The van der Waals surface area contributed by atoms with E-state index in [0.717, 1.165) is 25.5 Å². The summed E-state index contributed by atoms with van der Waals surface area (Å²) in [6.45, 7) is 12.4. The SMILES string of the molecule is CC1CC2C3C(C)(C)OC(C(=O)C4(O)C(C)CCC1C24C=O)C3(C)C. The summed E-state index contributed by atoms with van der Waals surface area (Å²) in [7, 11) is 0. The molecule has 140 valence electrons. The van der Waals surface area contributed by atoms with Crippen LogP contribution in [0.2, 0.25) is 0 Å². The van der Waals surface area contributed by atoms with Gasteiger partial charge in [-0.3, -0.25) is 4.79 Å². The van der Waals surface area contributed by atoms with E-state index in [9.17, 15) is 14.7 Å². The number of aldehydes is 1. The van der Waals surface area contributed by atoms with Gasteiger partial charge in [-0.25, -0.2) is 0 Å². The fraction of sp³-hybridized carbons (Fsp3) is 0.905. The highest BCUT2D eigenvalue weighted by Crippen LogP contribution is 2.72. The van der Waals surface area contributed by atoms with Gasteiger partial charge in [-0.15, -0.1) is 0 Å². The molecule has 4 rings (SSSR count). The number of hydrogen-bond donors (Lipinski definition) is 1. The minimum absolute atomic E-state index is 0.0146. The van der Waals surface area contributed by atoms with E-state index >= 15 is 0 Å². The molecule has 1 saturated heterocycles. The van der Waals surface area contributed by atoms with E-state index in [0.29, 0.717) is 5.92 Å². The van der Waals surface area contributed by atoms with Crippen molar-refractivity contribution in [2.75, 3.05) is 0 Å². The second-order valence-corrected chi connectivity index (χ2v) is 10.5. The van der Waals surface area contributed by atoms with Gasteiger partial charge in [0.25, 0.3) is 0 Å². The molecule has 0 aromatic carbocycles. The first kappa shape index (κ1) is 17.7. The second kappa shape index (κ2) is 4.75. The third-order valence-corrected chi connectivity index (χ3v) is 8.68. The summed E-state index contributed by atoms with van der Waals surface area (Å²) in [5.74, 6) is 0.0343. The molecule has 4 aliphatic rings. The van der Waals surface area contributed by atoms with Gasteiger partial charge in [0, 0.05) is 5.41 Å². The molecule has 1 heterocycles. The van der Waals surface area contributed by atoms with Gasteiger partial charge in [0.05, 0.1) is 11.0 Å². The predicted molar refractivity (Wildman–Crippen MR) is 93.8 cm³/mol. The maximum Gasteiger partial charge on any atom is 0.194 e. The van der Waals surface area contributed by atoms with Gasteiger partial charge >= 0.3 is 0 Å². The molecule has 1 N–H and O–H groups in total. The summed E-state index contributed by atoms with van der Waals surface area (Å²) in [5.41, 5.74) is -3.41. The maximum atomic E-state index is 13.7. The number of ketones is 1. The lowest BCUT2D eigenvalue weighted by Crippen LogP contribution is -2.68. The number of carbonyl (C=O) groups excluding carboxylic acids is 2. The molecule has 4 heteroatoms. The van der Waals surface area contributed by atoms with Crippen LogP contribution in [0.1, 0.15) is 60.8 Å². The minimum atomic E-state index is -1.60. The number of hydrogen-bond acceptors (Lipinski definition) is 4. The molecule has 3 saturated carbocycles. The van der Waals surface area contributed by atoms with Crippen molar-refractivity contribution in [2.45, 2.75) is 78.1 Å². The van der Waals surface area contributed by atoms with Crippen molar-refractivity contribution in [3.8, 4) is 0 Å². The van der Waals surface area contributed by atoms with Crippen LogP contribution in [0.5, 0.6) is 0 Å². The van der Waals surface area contributed by atoms with E-state index < -0.39 is 22.7 Å². The highest BCUT2D eigenvalue weighted by Gasteiger charge is 2.79. The van der Waals surface area contributed by atoms with E-state index in [1.807, 2.05) is 6.92 Å². The van der Waals surface area contributed by atoms with E-state index in [1.165, 1.54) is 0 Å². The Morgan fingerprint density at radius 2 is 1.76 bits per heavy atom. The van der Waals surface area contributed by atoms with Crippen molar-refractivity contribution in [1.29, 1.82) is 0 Å². The van der Waals surface area contributed by atoms with E-state index in [4.69, 9.17) is 4.74 Å². The van der Waals surface area contributed by atoms with Crippen LogP contribution in [0.15, 0.2) is 0 Å². The molecule has 4 nitrogen and oxygen atoms in total. The average molecular weight is 348 g/mol. The van der Waals surface area contributed by atoms with Crippen molar-refractivity contribution >= 4 is 12.1 Å². The molecule has 0 aromatic rings. The monoisotopic (exact) mass is 348 g/mol. The summed E-state index contributed by atoms with van der Waals surface area (Å²) >= 11 is 0. The molecule has 8 atom stereocenters. The Hall–Kier alpha value is -0.740. The van der Waals surface area contributed by atoms with Crippen LogP contribution < -0.4 is 0 Å². The van der Waals surface area contributed by atoms with Crippen LogP contribution in [0.25, 0.3) is 0 Å². The zero-order chi connectivity index (χ0) is 18.6. The van der Waals surface area contributed by atoms with Crippen molar-refractivity contribution in [1.82, 2.24) is 0 Å². The predicted octanol–water partition coefficient (Wildman–Crippen LogP) is 3.01. The molecular formula is C21H32O4. The number of rotatable bonds is 1. The Morgan fingerprint density at radius 3 is 2.36 bits per heavy atom. The highest BCUT2D eigenvalue weighted by molar-refractivity contribution is 5.97. The zero-order valence-electron chi connectivity index (χ0n) is 16.3. The Labute approximate surface area is 150 Å². The first-order valence-corrected chi connectivity index (χ1v) is 9.87. The van der Waals surface area contributed by atoms with Gasteiger partial charge in [0.2, 0.25) is 0 Å². The number of ether oxygens (including phenoxy) is 1.